The van der Waals surface area contributed by atoms with Gasteiger partial charge in [0.05, 0.1) is 4.88 Å². The van der Waals surface area contributed by atoms with Crippen LogP contribution in [0.4, 0.5) is 4.39 Å². The van der Waals surface area contributed by atoms with Gasteiger partial charge in [-0.15, -0.1) is 11.3 Å². The first kappa shape index (κ1) is 14.3. The molecule has 1 fully saturated rings. The summed E-state index contributed by atoms with van der Waals surface area (Å²) >= 11 is 2.66. The van der Waals surface area contributed by atoms with Crippen LogP contribution in [0.3, 0.4) is 0 Å². The van der Waals surface area contributed by atoms with Crippen LogP contribution in [0.5, 0.6) is 0 Å². The lowest BCUT2D eigenvalue weighted by Crippen LogP contribution is -2.54. The van der Waals surface area contributed by atoms with E-state index in [9.17, 15) is 19.1 Å². The van der Waals surface area contributed by atoms with E-state index < -0.39 is 17.4 Å². The van der Waals surface area contributed by atoms with E-state index in [0.29, 0.717) is 32.9 Å². The van der Waals surface area contributed by atoms with Crippen LogP contribution in [-0.2, 0) is 4.79 Å². The van der Waals surface area contributed by atoms with Crippen molar-refractivity contribution in [2.45, 2.75) is 12.0 Å². The Balaban J connectivity index is 1.90. The first-order valence-corrected chi connectivity index (χ1v) is 8.31. The molecule has 4 nitrogen and oxygen atoms in total. The highest BCUT2D eigenvalue weighted by Crippen LogP contribution is 2.31. The van der Waals surface area contributed by atoms with Crippen molar-refractivity contribution in [2.24, 2.45) is 0 Å². The van der Waals surface area contributed by atoms with E-state index in [2.05, 4.69) is 5.32 Å². The maximum Gasteiger partial charge on any atom is 0.330 e. The zero-order chi connectivity index (χ0) is 15.0. The highest BCUT2D eigenvalue weighted by atomic mass is 32.2. The van der Waals surface area contributed by atoms with Crippen molar-refractivity contribution < 1.29 is 19.1 Å². The molecule has 1 amide bonds. The van der Waals surface area contributed by atoms with Crippen LogP contribution in [0.2, 0.25) is 0 Å². The molecule has 21 heavy (non-hydrogen) atoms. The van der Waals surface area contributed by atoms with Gasteiger partial charge in [0.2, 0.25) is 0 Å². The molecule has 1 atom stereocenters. The summed E-state index contributed by atoms with van der Waals surface area (Å²) in [5.41, 5.74) is -1.21. The number of amides is 1. The Morgan fingerprint density at radius 3 is 2.81 bits per heavy atom. The highest BCUT2D eigenvalue weighted by Gasteiger charge is 2.43. The number of rotatable bonds is 3. The molecule has 1 aliphatic heterocycles. The van der Waals surface area contributed by atoms with E-state index in [1.165, 1.54) is 23.9 Å². The third-order valence-electron chi connectivity index (χ3n) is 3.52. The van der Waals surface area contributed by atoms with E-state index in [1.54, 1.807) is 12.1 Å². The molecule has 1 aromatic carbocycles. The van der Waals surface area contributed by atoms with Crippen LogP contribution in [0, 0.1) is 5.82 Å². The van der Waals surface area contributed by atoms with Crippen molar-refractivity contribution in [1.29, 1.82) is 0 Å². The second-order valence-electron chi connectivity index (χ2n) is 4.91. The molecule has 0 aliphatic carbocycles. The number of fused-ring (bicyclic) bond motifs is 1. The Morgan fingerprint density at radius 1 is 1.38 bits per heavy atom. The molecule has 0 spiro atoms. The standard InChI is InChI=1S/C14H12FNO3S2/c15-9-2-1-3-10-8(9)6-11(21-10)12(17)16-14(13(18)19)4-5-20-7-14/h1-3,6H,4-5,7H2,(H,16,17)(H,18,19). The second kappa shape index (κ2) is 5.31. The average Bonchev–Trinajstić information content (AvgIpc) is 3.06. The maximum atomic E-state index is 13.6. The predicted molar refractivity (Wildman–Crippen MR) is 81.6 cm³/mol. The molecule has 0 bridgehead atoms. The summed E-state index contributed by atoms with van der Waals surface area (Å²) in [4.78, 5) is 24.1. The normalized spacial score (nSPS) is 21.6. The molecule has 1 aliphatic rings. The molecule has 0 saturated carbocycles. The Bertz CT molecular complexity index is 722. The Morgan fingerprint density at radius 2 is 2.19 bits per heavy atom. The van der Waals surface area contributed by atoms with E-state index in [4.69, 9.17) is 0 Å². The first-order valence-electron chi connectivity index (χ1n) is 6.33. The molecule has 1 saturated heterocycles. The lowest BCUT2D eigenvalue weighted by atomic mass is 9.99. The van der Waals surface area contributed by atoms with Crippen molar-refractivity contribution in [2.75, 3.05) is 11.5 Å². The highest BCUT2D eigenvalue weighted by molar-refractivity contribution is 7.99. The van der Waals surface area contributed by atoms with E-state index in [0.717, 1.165) is 11.3 Å². The van der Waals surface area contributed by atoms with Crippen molar-refractivity contribution in [3.05, 3.63) is 35.0 Å². The number of hydrogen-bond donors (Lipinski definition) is 2. The zero-order valence-electron chi connectivity index (χ0n) is 10.9. The fourth-order valence-electron chi connectivity index (χ4n) is 2.30. The molecular formula is C14H12FNO3S2. The number of halogens is 1. The number of aliphatic carboxylic acids is 1. The monoisotopic (exact) mass is 325 g/mol. The van der Waals surface area contributed by atoms with Crippen molar-refractivity contribution in [1.82, 2.24) is 5.32 Å². The van der Waals surface area contributed by atoms with Gasteiger partial charge in [0, 0.05) is 15.8 Å². The number of benzene rings is 1. The van der Waals surface area contributed by atoms with Gasteiger partial charge in [0.15, 0.2) is 0 Å². The summed E-state index contributed by atoms with van der Waals surface area (Å²) in [6.07, 6.45) is 0.401. The van der Waals surface area contributed by atoms with Crippen LogP contribution in [0.25, 0.3) is 10.1 Å². The van der Waals surface area contributed by atoms with Gasteiger partial charge < -0.3 is 10.4 Å². The number of nitrogens with one attached hydrogen (secondary N) is 1. The number of carboxylic acid groups (broad SMARTS) is 1. The molecule has 3 rings (SSSR count). The van der Waals surface area contributed by atoms with Crippen LogP contribution in [0.15, 0.2) is 24.3 Å². The Kier molecular flexibility index (Phi) is 3.62. The Hall–Kier alpha value is -1.60. The van der Waals surface area contributed by atoms with Gasteiger partial charge in [-0.05, 0) is 30.4 Å². The SMILES string of the molecule is O=C(NC1(C(=O)O)CCSC1)c1cc2c(F)cccc2s1. The zero-order valence-corrected chi connectivity index (χ0v) is 12.5. The quantitative estimate of drug-likeness (QED) is 0.910. The van der Waals surface area contributed by atoms with Crippen LogP contribution in [-0.4, -0.2) is 34.0 Å². The van der Waals surface area contributed by atoms with Gasteiger partial charge in [0.1, 0.15) is 11.4 Å². The fraction of sp³-hybridized carbons (Fsp3) is 0.286. The molecule has 0 radical (unpaired) electrons. The van der Waals surface area contributed by atoms with Crippen molar-refractivity contribution in [3.8, 4) is 0 Å². The van der Waals surface area contributed by atoms with Gasteiger partial charge >= 0.3 is 5.97 Å². The van der Waals surface area contributed by atoms with Crippen molar-refractivity contribution in [3.63, 3.8) is 0 Å². The summed E-state index contributed by atoms with van der Waals surface area (Å²) in [5.74, 6) is -0.804. The van der Waals surface area contributed by atoms with Gasteiger partial charge in [-0.1, -0.05) is 6.07 Å². The summed E-state index contributed by atoms with van der Waals surface area (Å²) in [6, 6.07) is 6.13. The number of thioether (sulfide) groups is 1. The molecule has 2 N–H and O–H groups in total. The first-order chi connectivity index (χ1) is 10.0. The summed E-state index contributed by atoms with van der Waals surface area (Å²) in [5, 5.41) is 12.4. The molecule has 2 aromatic rings. The summed E-state index contributed by atoms with van der Waals surface area (Å²) in [6.45, 7) is 0. The lowest BCUT2D eigenvalue weighted by Gasteiger charge is -2.24. The number of carboxylic acids is 1. The summed E-state index contributed by atoms with van der Waals surface area (Å²) in [7, 11) is 0. The largest absolute Gasteiger partial charge is 0.479 e. The summed E-state index contributed by atoms with van der Waals surface area (Å²) < 4.78 is 14.3. The van der Waals surface area contributed by atoms with Crippen molar-refractivity contribution >= 4 is 45.1 Å². The molecule has 2 heterocycles. The topological polar surface area (TPSA) is 66.4 Å². The maximum absolute atomic E-state index is 13.6. The fourth-order valence-corrected chi connectivity index (χ4v) is 4.60. The van der Waals surface area contributed by atoms with Gasteiger partial charge in [0.25, 0.3) is 5.91 Å². The van der Waals surface area contributed by atoms with E-state index >= 15 is 0 Å². The third kappa shape index (κ3) is 2.51. The lowest BCUT2D eigenvalue weighted by molar-refractivity contribution is -0.143. The van der Waals surface area contributed by atoms with E-state index in [-0.39, 0.29) is 5.82 Å². The van der Waals surface area contributed by atoms with Gasteiger partial charge in [-0.2, -0.15) is 11.8 Å². The number of thiophene rings is 1. The number of carbonyl (C=O) groups is 2. The van der Waals surface area contributed by atoms with E-state index in [1.807, 2.05) is 0 Å². The van der Waals surface area contributed by atoms with Crippen LogP contribution < -0.4 is 5.32 Å². The molecular weight excluding hydrogens is 313 g/mol. The van der Waals surface area contributed by atoms with Crippen LogP contribution >= 0.6 is 23.1 Å². The molecule has 110 valence electrons. The smallest absolute Gasteiger partial charge is 0.330 e. The van der Waals surface area contributed by atoms with Gasteiger partial charge in [-0.3, -0.25) is 4.79 Å². The molecule has 7 heteroatoms. The number of carbonyl (C=O) groups excluding carboxylic acids is 1. The Labute approximate surface area is 128 Å². The van der Waals surface area contributed by atoms with Gasteiger partial charge in [-0.25, -0.2) is 9.18 Å². The second-order valence-corrected chi connectivity index (χ2v) is 7.10. The average molecular weight is 325 g/mol. The molecule has 1 unspecified atom stereocenters. The number of hydrogen-bond acceptors (Lipinski definition) is 4. The van der Waals surface area contributed by atoms with Crippen LogP contribution in [0.1, 0.15) is 16.1 Å². The minimum absolute atomic E-state index is 0.327. The predicted octanol–water partition coefficient (Wildman–Crippen LogP) is 2.73. The molecule has 1 aromatic heterocycles. The minimum atomic E-state index is -1.21. The minimum Gasteiger partial charge on any atom is -0.479 e. The third-order valence-corrected chi connectivity index (χ3v) is 5.80.